The number of hydrogen-bond acceptors (Lipinski definition) is 4. The van der Waals surface area contributed by atoms with Crippen molar-refractivity contribution in [1.29, 1.82) is 0 Å². The third-order valence-electron chi connectivity index (χ3n) is 2.63. The Morgan fingerprint density at radius 2 is 2.11 bits per heavy atom. The molecule has 2 aromatic rings. The molecule has 0 aromatic carbocycles. The van der Waals surface area contributed by atoms with E-state index >= 15 is 0 Å². The van der Waals surface area contributed by atoms with Crippen molar-refractivity contribution in [2.24, 2.45) is 0 Å². The fraction of sp³-hybridized carbons (Fsp3) is 0.385. The number of nitrogen functional groups attached to an aromatic ring is 1. The zero-order valence-corrected chi connectivity index (χ0v) is 12.3. The molecule has 0 saturated carbocycles. The summed E-state index contributed by atoms with van der Waals surface area (Å²) in [6.45, 7) is 6.46. The molecule has 2 N–H and O–H groups in total. The van der Waals surface area contributed by atoms with Gasteiger partial charge in [0.25, 0.3) is 0 Å². The Kier molecular flexibility index (Phi) is 3.59. The van der Waals surface area contributed by atoms with Crippen molar-refractivity contribution < 1.29 is 0 Å². The molecular formula is C13H16ClN3S. The van der Waals surface area contributed by atoms with Crippen LogP contribution < -0.4 is 5.73 Å². The molecular weight excluding hydrogens is 266 g/mol. The molecule has 18 heavy (non-hydrogen) atoms. The third-order valence-corrected chi connectivity index (χ3v) is 3.69. The number of hydrogen-bond donors (Lipinski definition) is 1. The SMILES string of the molecule is CC(C)(C)c1csc(Cc2cc(Cl)cnc2N)n1. The summed E-state index contributed by atoms with van der Waals surface area (Å²) < 4.78 is 0. The van der Waals surface area contributed by atoms with Crippen LogP contribution in [0.5, 0.6) is 0 Å². The molecule has 2 heterocycles. The average molecular weight is 282 g/mol. The Hall–Kier alpha value is -1.13. The van der Waals surface area contributed by atoms with Crippen LogP contribution in [0.2, 0.25) is 5.02 Å². The van der Waals surface area contributed by atoms with Crippen LogP contribution in [-0.4, -0.2) is 9.97 Å². The topological polar surface area (TPSA) is 51.8 Å². The second-order valence-electron chi connectivity index (χ2n) is 5.25. The largest absolute Gasteiger partial charge is 0.383 e. The number of rotatable bonds is 2. The summed E-state index contributed by atoms with van der Waals surface area (Å²) in [6, 6.07) is 1.85. The van der Waals surface area contributed by atoms with Gasteiger partial charge in [0.05, 0.1) is 15.7 Å². The van der Waals surface area contributed by atoms with Crippen molar-refractivity contribution in [3.05, 3.63) is 38.9 Å². The maximum absolute atomic E-state index is 5.93. The molecule has 0 aliphatic rings. The van der Waals surface area contributed by atoms with E-state index in [4.69, 9.17) is 17.3 Å². The monoisotopic (exact) mass is 281 g/mol. The summed E-state index contributed by atoms with van der Waals surface area (Å²) in [5, 5.41) is 3.74. The minimum Gasteiger partial charge on any atom is -0.383 e. The van der Waals surface area contributed by atoms with Gasteiger partial charge >= 0.3 is 0 Å². The third kappa shape index (κ3) is 3.00. The van der Waals surface area contributed by atoms with E-state index in [1.54, 1.807) is 17.5 Å². The molecule has 5 heteroatoms. The Morgan fingerprint density at radius 1 is 1.39 bits per heavy atom. The zero-order chi connectivity index (χ0) is 13.3. The first-order valence-corrected chi connectivity index (χ1v) is 6.97. The summed E-state index contributed by atoms with van der Waals surface area (Å²) in [6.07, 6.45) is 2.24. The van der Waals surface area contributed by atoms with Crippen molar-refractivity contribution in [3.63, 3.8) is 0 Å². The Morgan fingerprint density at radius 3 is 2.72 bits per heavy atom. The predicted octanol–water partition coefficient (Wildman–Crippen LogP) is 3.66. The van der Waals surface area contributed by atoms with Crippen LogP contribution in [0.4, 0.5) is 5.82 Å². The van der Waals surface area contributed by atoms with E-state index in [1.165, 1.54) is 0 Å². The lowest BCUT2D eigenvalue weighted by atomic mass is 9.93. The van der Waals surface area contributed by atoms with Gasteiger partial charge in [-0.2, -0.15) is 0 Å². The average Bonchev–Trinajstić information content (AvgIpc) is 2.71. The molecule has 0 aliphatic heterocycles. The fourth-order valence-corrected chi connectivity index (χ4v) is 2.76. The molecule has 0 saturated heterocycles. The van der Waals surface area contributed by atoms with E-state index in [9.17, 15) is 0 Å². The molecule has 3 nitrogen and oxygen atoms in total. The van der Waals surface area contributed by atoms with Crippen molar-refractivity contribution in [2.45, 2.75) is 32.6 Å². The van der Waals surface area contributed by atoms with Gasteiger partial charge in [-0.1, -0.05) is 32.4 Å². The lowest BCUT2D eigenvalue weighted by Crippen LogP contribution is -2.11. The van der Waals surface area contributed by atoms with Gasteiger partial charge in [-0.3, -0.25) is 0 Å². The number of nitrogens with two attached hydrogens (primary N) is 1. The lowest BCUT2D eigenvalue weighted by molar-refractivity contribution is 0.571. The first kappa shape index (κ1) is 13.3. The Labute approximate surface area is 116 Å². The molecule has 0 radical (unpaired) electrons. The van der Waals surface area contributed by atoms with Crippen LogP contribution in [0, 0.1) is 0 Å². The summed E-state index contributed by atoms with van der Waals surface area (Å²) in [5.74, 6) is 0.520. The highest BCUT2D eigenvalue weighted by atomic mass is 35.5. The summed E-state index contributed by atoms with van der Waals surface area (Å²) >= 11 is 7.57. The molecule has 0 amide bonds. The minimum absolute atomic E-state index is 0.0763. The molecule has 0 fully saturated rings. The van der Waals surface area contributed by atoms with Crippen LogP contribution in [0.25, 0.3) is 0 Å². The molecule has 0 bridgehead atoms. The second kappa shape index (κ2) is 4.86. The molecule has 2 aromatic heterocycles. The molecule has 0 unspecified atom stereocenters. The number of nitrogens with zero attached hydrogens (tertiary/aromatic N) is 2. The smallest absolute Gasteiger partial charge is 0.127 e. The van der Waals surface area contributed by atoms with Crippen LogP contribution in [-0.2, 0) is 11.8 Å². The highest BCUT2D eigenvalue weighted by Gasteiger charge is 2.17. The van der Waals surface area contributed by atoms with Gasteiger partial charge in [0.15, 0.2) is 0 Å². The van der Waals surface area contributed by atoms with Crippen LogP contribution in [0.3, 0.4) is 0 Å². The lowest BCUT2D eigenvalue weighted by Gasteiger charge is -2.14. The summed E-state index contributed by atoms with van der Waals surface area (Å²) in [5.41, 5.74) is 7.95. The number of thiazole rings is 1. The van der Waals surface area contributed by atoms with Gasteiger partial charge in [-0.05, 0) is 6.07 Å². The van der Waals surface area contributed by atoms with Crippen molar-refractivity contribution in [3.8, 4) is 0 Å². The van der Waals surface area contributed by atoms with Crippen molar-refractivity contribution in [2.75, 3.05) is 5.73 Å². The summed E-state index contributed by atoms with van der Waals surface area (Å²) in [4.78, 5) is 8.69. The highest BCUT2D eigenvalue weighted by molar-refractivity contribution is 7.09. The van der Waals surface area contributed by atoms with E-state index in [1.807, 2.05) is 6.07 Å². The molecule has 96 valence electrons. The predicted molar refractivity (Wildman–Crippen MR) is 77.3 cm³/mol. The standard InChI is InChI=1S/C13H16ClN3S/c1-13(2,3)10-7-18-11(17-10)5-8-4-9(14)6-16-12(8)15/h4,6-7H,5H2,1-3H3,(H2,15,16). The number of aromatic nitrogens is 2. The van der Waals surface area contributed by atoms with Gasteiger partial charge in [0.2, 0.25) is 0 Å². The van der Waals surface area contributed by atoms with Gasteiger partial charge in [-0.25, -0.2) is 9.97 Å². The van der Waals surface area contributed by atoms with Crippen LogP contribution >= 0.6 is 22.9 Å². The number of pyridine rings is 1. The summed E-state index contributed by atoms with van der Waals surface area (Å²) in [7, 11) is 0. The molecule has 2 rings (SSSR count). The molecule has 0 atom stereocenters. The quantitative estimate of drug-likeness (QED) is 0.914. The zero-order valence-electron chi connectivity index (χ0n) is 10.7. The first-order chi connectivity index (χ1) is 8.36. The normalized spacial score (nSPS) is 11.8. The Balaban J connectivity index is 2.24. The fourth-order valence-electron chi connectivity index (χ4n) is 1.53. The van der Waals surface area contributed by atoms with E-state index in [0.29, 0.717) is 17.3 Å². The van der Waals surface area contributed by atoms with Crippen LogP contribution in [0.1, 0.15) is 37.0 Å². The van der Waals surface area contributed by atoms with Gasteiger partial charge < -0.3 is 5.73 Å². The van der Waals surface area contributed by atoms with Gasteiger partial charge in [-0.15, -0.1) is 11.3 Å². The number of anilines is 1. The highest BCUT2D eigenvalue weighted by Crippen LogP contribution is 2.26. The van der Waals surface area contributed by atoms with Gasteiger partial charge in [0, 0.05) is 29.0 Å². The minimum atomic E-state index is 0.0763. The van der Waals surface area contributed by atoms with Crippen LogP contribution in [0.15, 0.2) is 17.6 Å². The Bertz CT molecular complexity index is 558. The second-order valence-corrected chi connectivity index (χ2v) is 6.63. The van der Waals surface area contributed by atoms with Crippen molar-refractivity contribution >= 4 is 28.8 Å². The molecule has 0 spiro atoms. The maximum atomic E-state index is 5.93. The van der Waals surface area contributed by atoms with E-state index in [-0.39, 0.29) is 5.41 Å². The van der Waals surface area contributed by atoms with E-state index < -0.39 is 0 Å². The van der Waals surface area contributed by atoms with E-state index in [2.05, 4.69) is 36.1 Å². The number of halogens is 1. The first-order valence-electron chi connectivity index (χ1n) is 5.71. The molecule has 0 aliphatic carbocycles. The maximum Gasteiger partial charge on any atom is 0.127 e. The van der Waals surface area contributed by atoms with Crippen molar-refractivity contribution in [1.82, 2.24) is 9.97 Å². The van der Waals surface area contributed by atoms with E-state index in [0.717, 1.165) is 16.3 Å². The van der Waals surface area contributed by atoms with Gasteiger partial charge in [0.1, 0.15) is 5.82 Å².